The third-order valence-electron chi connectivity index (χ3n) is 6.20. The van der Waals surface area contributed by atoms with Crippen LogP contribution in [0.15, 0.2) is 11.6 Å². The fourth-order valence-corrected chi connectivity index (χ4v) is 4.59. The van der Waals surface area contributed by atoms with Crippen molar-refractivity contribution in [3.05, 3.63) is 11.6 Å². The van der Waals surface area contributed by atoms with Crippen molar-refractivity contribution in [2.24, 2.45) is 22.7 Å². The molecule has 0 aliphatic heterocycles. The van der Waals surface area contributed by atoms with E-state index in [4.69, 9.17) is 0 Å². The van der Waals surface area contributed by atoms with E-state index in [-0.39, 0.29) is 35.2 Å². The van der Waals surface area contributed by atoms with Crippen LogP contribution in [0.4, 0.5) is 0 Å². The molecule has 0 spiro atoms. The summed E-state index contributed by atoms with van der Waals surface area (Å²) >= 11 is 0. The number of hydrogen-bond donors (Lipinski definition) is 2. The molecule has 1 fully saturated rings. The molecule has 3 heteroatoms. The number of fused-ring (bicyclic) bond motifs is 1. The second kappa shape index (κ2) is 4.62. The molecule has 5 atom stereocenters. The first-order valence-corrected chi connectivity index (χ1v) is 7.30. The summed E-state index contributed by atoms with van der Waals surface area (Å²) in [6.07, 6.45) is 4.75. The van der Waals surface area contributed by atoms with Crippen LogP contribution in [0, 0.1) is 22.7 Å². The fourth-order valence-electron chi connectivity index (χ4n) is 4.59. The van der Waals surface area contributed by atoms with E-state index in [2.05, 4.69) is 33.8 Å². The van der Waals surface area contributed by atoms with Gasteiger partial charge in [0.15, 0.2) is 0 Å². The summed E-state index contributed by atoms with van der Waals surface area (Å²) < 4.78 is 0. The zero-order valence-electron chi connectivity index (χ0n) is 12.4. The van der Waals surface area contributed by atoms with Crippen molar-refractivity contribution in [1.82, 2.24) is 0 Å². The Hall–Kier alpha value is -0.830. The highest BCUT2D eigenvalue weighted by atomic mass is 16.4. The number of hydrogen-bond acceptors (Lipinski definition) is 2. The smallest absolute Gasteiger partial charge is 0.303 e. The van der Waals surface area contributed by atoms with Crippen LogP contribution in [0.2, 0.25) is 0 Å². The number of carbonyl (C=O) groups is 1. The molecule has 0 saturated heterocycles. The first-order chi connectivity index (χ1) is 8.72. The predicted octanol–water partition coefficient (Wildman–Crippen LogP) is 3.23. The molecule has 0 bridgehead atoms. The molecule has 1 saturated carbocycles. The van der Waals surface area contributed by atoms with E-state index in [1.807, 2.05) is 0 Å². The lowest BCUT2D eigenvalue weighted by Crippen LogP contribution is -2.57. The van der Waals surface area contributed by atoms with Crippen molar-refractivity contribution in [3.63, 3.8) is 0 Å². The highest BCUT2D eigenvalue weighted by molar-refractivity contribution is 5.68. The number of allylic oxidation sites excluding steroid dienone is 1. The third kappa shape index (κ3) is 2.03. The molecule has 2 aliphatic carbocycles. The highest BCUT2D eigenvalue weighted by Gasteiger charge is 2.57. The number of aliphatic carboxylic acids is 1. The summed E-state index contributed by atoms with van der Waals surface area (Å²) in [4.78, 5) is 11.3. The molecule has 3 nitrogen and oxygen atoms in total. The first-order valence-electron chi connectivity index (χ1n) is 7.30. The van der Waals surface area contributed by atoms with Crippen LogP contribution in [0.3, 0.4) is 0 Å². The van der Waals surface area contributed by atoms with Gasteiger partial charge in [-0.2, -0.15) is 0 Å². The molecular weight excluding hydrogens is 240 g/mol. The molecule has 2 N–H and O–H groups in total. The van der Waals surface area contributed by atoms with Gasteiger partial charge in [0.2, 0.25) is 0 Å². The Kier molecular flexibility index (Phi) is 3.54. The molecule has 0 amide bonds. The Morgan fingerprint density at radius 3 is 2.68 bits per heavy atom. The first kappa shape index (κ1) is 14.6. The maximum absolute atomic E-state index is 11.3. The molecule has 5 unspecified atom stereocenters. The van der Waals surface area contributed by atoms with Gasteiger partial charge in [-0.05, 0) is 43.4 Å². The largest absolute Gasteiger partial charge is 0.481 e. The van der Waals surface area contributed by atoms with Gasteiger partial charge in [-0.25, -0.2) is 0 Å². The van der Waals surface area contributed by atoms with Crippen molar-refractivity contribution < 1.29 is 15.0 Å². The summed E-state index contributed by atoms with van der Waals surface area (Å²) in [5, 5.41) is 19.9. The summed E-state index contributed by atoms with van der Waals surface area (Å²) in [6.45, 7) is 8.42. The predicted molar refractivity (Wildman–Crippen MR) is 74.7 cm³/mol. The normalized spacial score (nSPS) is 46.4. The Bertz CT molecular complexity index is 414. The van der Waals surface area contributed by atoms with Crippen LogP contribution < -0.4 is 0 Å². The van der Waals surface area contributed by atoms with E-state index in [9.17, 15) is 15.0 Å². The lowest BCUT2D eigenvalue weighted by Gasteiger charge is -2.59. The van der Waals surface area contributed by atoms with Crippen molar-refractivity contribution >= 4 is 5.97 Å². The molecule has 0 aromatic carbocycles. The van der Waals surface area contributed by atoms with Crippen LogP contribution in [-0.4, -0.2) is 22.3 Å². The van der Waals surface area contributed by atoms with E-state index in [0.29, 0.717) is 6.42 Å². The second-order valence-corrected chi connectivity index (χ2v) is 7.03. The zero-order valence-corrected chi connectivity index (χ0v) is 12.4. The van der Waals surface area contributed by atoms with Crippen LogP contribution in [0.25, 0.3) is 0 Å². The molecule has 2 aliphatic rings. The Balaban J connectivity index is 2.46. The van der Waals surface area contributed by atoms with Gasteiger partial charge in [0.1, 0.15) is 0 Å². The topological polar surface area (TPSA) is 57.5 Å². The molecule has 0 heterocycles. The van der Waals surface area contributed by atoms with Gasteiger partial charge in [-0.1, -0.05) is 32.4 Å². The summed E-state index contributed by atoms with van der Waals surface area (Å²) in [6, 6.07) is 0. The zero-order chi connectivity index (χ0) is 14.4. The minimum absolute atomic E-state index is 0.203. The number of rotatable bonds is 2. The van der Waals surface area contributed by atoms with Gasteiger partial charge in [0.05, 0.1) is 12.5 Å². The van der Waals surface area contributed by atoms with Gasteiger partial charge in [-0.3, -0.25) is 4.79 Å². The van der Waals surface area contributed by atoms with Crippen LogP contribution >= 0.6 is 0 Å². The molecular formula is C16H26O3. The van der Waals surface area contributed by atoms with Crippen LogP contribution in [-0.2, 0) is 4.79 Å². The van der Waals surface area contributed by atoms with Crippen LogP contribution in [0.1, 0.15) is 53.4 Å². The summed E-state index contributed by atoms with van der Waals surface area (Å²) in [5.74, 6) is -0.234. The van der Waals surface area contributed by atoms with E-state index < -0.39 is 5.97 Å². The number of carboxylic acids is 1. The standard InChI is InChI=1S/C16H26O3/c1-10-6-5-7-12-15(3,9-14(18)19)11(2)8-13(17)16(10,12)4/h6,11-13,17H,5,7-9H2,1-4H3,(H,18,19). The fraction of sp³-hybridized carbons (Fsp3) is 0.812. The van der Waals surface area contributed by atoms with Crippen molar-refractivity contribution in [2.75, 3.05) is 0 Å². The molecule has 19 heavy (non-hydrogen) atoms. The molecule has 0 radical (unpaired) electrons. The third-order valence-corrected chi connectivity index (χ3v) is 6.20. The van der Waals surface area contributed by atoms with Crippen molar-refractivity contribution in [3.8, 4) is 0 Å². The van der Waals surface area contributed by atoms with E-state index in [0.717, 1.165) is 12.8 Å². The van der Waals surface area contributed by atoms with E-state index in [1.54, 1.807) is 0 Å². The van der Waals surface area contributed by atoms with Gasteiger partial charge < -0.3 is 10.2 Å². The quantitative estimate of drug-likeness (QED) is 0.754. The maximum Gasteiger partial charge on any atom is 0.303 e. The van der Waals surface area contributed by atoms with Crippen molar-refractivity contribution in [1.29, 1.82) is 0 Å². The lowest BCUT2D eigenvalue weighted by molar-refractivity contribution is -0.155. The molecule has 2 rings (SSSR count). The monoisotopic (exact) mass is 266 g/mol. The van der Waals surface area contributed by atoms with Gasteiger partial charge >= 0.3 is 5.97 Å². The van der Waals surface area contributed by atoms with Crippen molar-refractivity contribution in [2.45, 2.75) is 59.5 Å². The highest BCUT2D eigenvalue weighted by Crippen LogP contribution is 2.61. The maximum atomic E-state index is 11.3. The Morgan fingerprint density at radius 2 is 2.11 bits per heavy atom. The lowest BCUT2D eigenvalue weighted by atomic mass is 9.46. The Morgan fingerprint density at radius 1 is 1.47 bits per heavy atom. The SMILES string of the molecule is CC1=CCCC2C(C)(CC(=O)O)C(C)CC(O)C12C. The molecule has 0 aromatic rings. The average Bonchev–Trinajstić information content (AvgIpc) is 2.29. The Labute approximate surface area is 115 Å². The number of carboxylic acid groups (broad SMARTS) is 1. The minimum Gasteiger partial charge on any atom is -0.481 e. The summed E-state index contributed by atoms with van der Waals surface area (Å²) in [7, 11) is 0. The van der Waals surface area contributed by atoms with Gasteiger partial charge in [0.25, 0.3) is 0 Å². The van der Waals surface area contributed by atoms with Crippen LogP contribution in [0.5, 0.6) is 0 Å². The van der Waals surface area contributed by atoms with Gasteiger partial charge in [0, 0.05) is 5.41 Å². The van der Waals surface area contributed by atoms with Gasteiger partial charge in [-0.15, -0.1) is 0 Å². The number of aliphatic hydroxyl groups is 1. The second-order valence-electron chi connectivity index (χ2n) is 7.03. The van der Waals surface area contributed by atoms with E-state index in [1.165, 1.54) is 5.57 Å². The molecule has 108 valence electrons. The summed E-state index contributed by atoms with van der Waals surface area (Å²) in [5.41, 5.74) is 0.754. The average molecular weight is 266 g/mol. The molecule has 0 aromatic heterocycles. The number of aliphatic hydroxyl groups excluding tert-OH is 1. The van der Waals surface area contributed by atoms with E-state index >= 15 is 0 Å². The minimum atomic E-state index is -0.722.